The highest BCUT2D eigenvalue weighted by Gasteiger charge is 2.29. The van der Waals surface area contributed by atoms with Gasteiger partial charge in [-0.3, -0.25) is 9.59 Å². The van der Waals surface area contributed by atoms with Gasteiger partial charge >= 0.3 is 5.97 Å². The van der Waals surface area contributed by atoms with Crippen molar-refractivity contribution >= 4 is 33.5 Å². The molecule has 1 rings (SSSR count). The van der Waals surface area contributed by atoms with Gasteiger partial charge in [-0.2, -0.15) is 0 Å². The second-order valence-electron chi connectivity index (χ2n) is 3.68. The Hall–Kier alpha value is -1.49. The predicted molar refractivity (Wildman–Crippen MR) is 69.3 cm³/mol. The molecule has 5 heteroatoms. The number of carbonyl (C=O) groups excluding carboxylic acids is 3. The Morgan fingerprint density at radius 1 is 1.33 bits per heavy atom. The molecule has 96 valence electrons. The van der Waals surface area contributed by atoms with Gasteiger partial charge in [0.25, 0.3) is 5.78 Å². The van der Waals surface area contributed by atoms with E-state index in [1.807, 2.05) is 0 Å². The zero-order chi connectivity index (χ0) is 13.7. The quantitative estimate of drug-likeness (QED) is 0.362. The lowest BCUT2D eigenvalue weighted by Crippen LogP contribution is -2.29. The van der Waals surface area contributed by atoms with E-state index < -0.39 is 23.5 Å². The molecule has 0 radical (unpaired) electrons. The maximum Gasteiger partial charge on any atom is 0.375 e. The van der Waals surface area contributed by atoms with Crippen LogP contribution in [-0.4, -0.2) is 24.1 Å². The van der Waals surface area contributed by atoms with Crippen molar-refractivity contribution in [2.45, 2.75) is 13.8 Å². The van der Waals surface area contributed by atoms with Crippen LogP contribution in [0.25, 0.3) is 0 Å². The van der Waals surface area contributed by atoms with Crippen LogP contribution in [0.5, 0.6) is 0 Å². The number of carbonyl (C=O) groups is 3. The molecule has 0 saturated heterocycles. The van der Waals surface area contributed by atoms with E-state index in [2.05, 4.69) is 20.7 Å². The SMILES string of the molecule is CCOC(=O)C(=O)C(C)C(=O)c1cccc(Br)c1. The fourth-order valence-corrected chi connectivity index (χ4v) is 1.79. The molecule has 0 N–H and O–H groups in total. The van der Waals surface area contributed by atoms with E-state index >= 15 is 0 Å². The minimum atomic E-state index is -1.03. The van der Waals surface area contributed by atoms with Gasteiger partial charge in [-0.15, -0.1) is 0 Å². The number of ether oxygens (including phenoxy) is 1. The number of ketones is 2. The molecule has 1 atom stereocenters. The Morgan fingerprint density at radius 3 is 2.56 bits per heavy atom. The Morgan fingerprint density at radius 2 is 2.00 bits per heavy atom. The molecule has 1 aromatic rings. The third kappa shape index (κ3) is 3.50. The van der Waals surface area contributed by atoms with Gasteiger partial charge in [-0.25, -0.2) is 4.79 Å². The molecule has 0 aromatic heterocycles. The second-order valence-corrected chi connectivity index (χ2v) is 4.60. The number of benzene rings is 1. The molecule has 1 unspecified atom stereocenters. The third-order valence-electron chi connectivity index (χ3n) is 2.37. The standard InChI is InChI=1S/C13H13BrO4/c1-3-18-13(17)12(16)8(2)11(15)9-5-4-6-10(14)7-9/h4-8H,3H2,1-2H3. The van der Waals surface area contributed by atoms with Gasteiger partial charge in [-0.1, -0.05) is 28.1 Å². The maximum atomic E-state index is 12.0. The lowest BCUT2D eigenvalue weighted by molar-refractivity contribution is -0.154. The summed E-state index contributed by atoms with van der Waals surface area (Å²) in [7, 11) is 0. The molecule has 0 fully saturated rings. The minimum Gasteiger partial charge on any atom is -0.460 e. The third-order valence-corrected chi connectivity index (χ3v) is 2.87. The van der Waals surface area contributed by atoms with E-state index in [0.717, 1.165) is 4.47 Å². The van der Waals surface area contributed by atoms with Crippen LogP contribution >= 0.6 is 15.9 Å². The van der Waals surface area contributed by atoms with Crippen LogP contribution in [0, 0.1) is 5.92 Å². The highest BCUT2D eigenvalue weighted by molar-refractivity contribution is 9.10. The van der Waals surface area contributed by atoms with Crippen molar-refractivity contribution in [3.05, 3.63) is 34.3 Å². The topological polar surface area (TPSA) is 60.4 Å². The average Bonchev–Trinajstić information content (AvgIpc) is 2.36. The van der Waals surface area contributed by atoms with Crippen molar-refractivity contribution in [3.8, 4) is 0 Å². The zero-order valence-electron chi connectivity index (χ0n) is 10.1. The van der Waals surface area contributed by atoms with Crippen molar-refractivity contribution in [2.24, 2.45) is 5.92 Å². The van der Waals surface area contributed by atoms with E-state index in [0.29, 0.717) is 5.56 Å². The van der Waals surface area contributed by atoms with E-state index in [4.69, 9.17) is 0 Å². The van der Waals surface area contributed by atoms with Crippen LogP contribution in [0.1, 0.15) is 24.2 Å². The van der Waals surface area contributed by atoms with E-state index in [1.165, 1.54) is 6.92 Å². The van der Waals surface area contributed by atoms with E-state index in [1.54, 1.807) is 31.2 Å². The lowest BCUT2D eigenvalue weighted by atomic mass is 9.95. The molecule has 0 amide bonds. The van der Waals surface area contributed by atoms with Crippen molar-refractivity contribution in [2.75, 3.05) is 6.61 Å². The van der Waals surface area contributed by atoms with E-state index in [9.17, 15) is 14.4 Å². The summed E-state index contributed by atoms with van der Waals surface area (Å²) in [6.45, 7) is 3.12. The fourth-order valence-electron chi connectivity index (χ4n) is 1.39. The summed E-state index contributed by atoms with van der Waals surface area (Å²) in [4.78, 5) is 34.9. The molecular formula is C13H13BrO4. The highest BCUT2D eigenvalue weighted by atomic mass is 79.9. The van der Waals surface area contributed by atoms with Crippen LogP contribution in [0.3, 0.4) is 0 Å². The number of Topliss-reactive ketones (excluding diaryl/α,β-unsaturated/α-hetero) is 2. The summed E-state index contributed by atoms with van der Waals surface area (Å²) < 4.78 is 5.32. The summed E-state index contributed by atoms with van der Waals surface area (Å²) in [5, 5.41) is 0. The Labute approximate surface area is 113 Å². The molecule has 0 aliphatic carbocycles. The smallest absolute Gasteiger partial charge is 0.375 e. The van der Waals surface area contributed by atoms with Gasteiger partial charge in [0.1, 0.15) is 0 Å². The van der Waals surface area contributed by atoms with Crippen LogP contribution in [0.4, 0.5) is 0 Å². The summed E-state index contributed by atoms with van der Waals surface area (Å²) in [6.07, 6.45) is 0. The van der Waals surface area contributed by atoms with Gasteiger partial charge in [0, 0.05) is 10.0 Å². The monoisotopic (exact) mass is 312 g/mol. The number of halogens is 1. The molecule has 0 aliphatic heterocycles. The molecule has 4 nitrogen and oxygen atoms in total. The molecule has 0 heterocycles. The molecular weight excluding hydrogens is 300 g/mol. The molecule has 18 heavy (non-hydrogen) atoms. The average molecular weight is 313 g/mol. The molecule has 0 bridgehead atoms. The summed E-state index contributed by atoms with van der Waals surface area (Å²) in [5.41, 5.74) is 0.384. The Balaban J connectivity index is 2.84. The summed E-state index contributed by atoms with van der Waals surface area (Å²) in [6, 6.07) is 6.67. The first-order valence-electron chi connectivity index (χ1n) is 5.48. The first kappa shape index (κ1) is 14.6. The normalized spacial score (nSPS) is 11.7. The van der Waals surface area contributed by atoms with Crippen LogP contribution < -0.4 is 0 Å². The van der Waals surface area contributed by atoms with Crippen LogP contribution in [-0.2, 0) is 14.3 Å². The van der Waals surface area contributed by atoms with Crippen molar-refractivity contribution in [1.82, 2.24) is 0 Å². The maximum absolute atomic E-state index is 12.0. The van der Waals surface area contributed by atoms with Gasteiger partial charge in [-0.05, 0) is 26.0 Å². The van der Waals surface area contributed by atoms with Gasteiger partial charge < -0.3 is 4.74 Å². The second kappa shape index (κ2) is 6.44. The van der Waals surface area contributed by atoms with Crippen molar-refractivity contribution in [3.63, 3.8) is 0 Å². The van der Waals surface area contributed by atoms with Gasteiger partial charge in [0.2, 0.25) is 0 Å². The molecule has 0 aliphatic rings. The summed E-state index contributed by atoms with van der Waals surface area (Å²) in [5.74, 6) is -3.21. The van der Waals surface area contributed by atoms with Crippen LogP contribution in [0.2, 0.25) is 0 Å². The zero-order valence-corrected chi connectivity index (χ0v) is 11.7. The first-order chi connectivity index (χ1) is 8.47. The van der Waals surface area contributed by atoms with Crippen LogP contribution in [0.15, 0.2) is 28.7 Å². The largest absolute Gasteiger partial charge is 0.460 e. The highest BCUT2D eigenvalue weighted by Crippen LogP contribution is 2.16. The van der Waals surface area contributed by atoms with Crippen molar-refractivity contribution in [1.29, 1.82) is 0 Å². The lowest BCUT2D eigenvalue weighted by Gasteiger charge is -2.08. The van der Waals surface area contributed by atoms with Gasteiger partial charge in [0.05, 0.1) is 12.5 Å². The molecule has 0 saturated carbocycles. The number of hydrogen-bond donors (Lipinski definition) is 0. The van der Waals surface area contributed by atoms with Crippen molar-refractivity contribution < 1.29 is 19.1 Å². The number of esters is 1. The first-order valence-corrected chi connectivity index (χ1v) is 6.27. The minimum absolute atomic E-state index is 0.113. The fraction of sp³-hybridized carbons (Fsp3) is 0.308. The van der Waals surface area contributed by atoms with E-state index in [-0.39, 0.29) is 6.61 Å². The Kier molecular flexibility index (Phi) is 5.22. The molecule has 1 aromatic carbocycles. The predicted octanol–water partition coefficient (Wildman–Crippen LogP) is 2.40. The summed E-state index contributed by atoms with van der Waals surface area (Å²) >= 11 is 3.24. The Bertz CT molecular complexity index is 482. The molecule has 0 spiro atoms. The number of hydrogen-bond acceptors (Lipinski definition) is 4. The van der Waals surface area contributed by atoms with Gasteiger partial charge in [0.15, 0.2) is 5.78 Å². The number of rotatable bonds is 5.